The third-order valence-electron chi connectivity index (χ3n) is 2.80. The van der Waals surface area contributed by atoms with Crippen LogP contribution in [0.3, 0.4) is 0 Å². The molecular formula is C11H18N2O2S. The van der Waals surface area contributed by atoms with Crippen molar-refractivity contribution in [3.05, 3.63) is 0 Å². The molecule has 0 atom stereocenters. The second-order valence-electron chi connectivity index (χ2n) is 4.13. The SMILES string of the molecule is N#CCSCC(=O)NCC1CCC(O)CC1. The molecule has 0 aromatic rings. The predicted octanol–water partition coefficient (Wildman–Crippen LogP) is 0.910. The quantitative estimate of drug-likeness (QED) is 0.703. The molecule has 1 amide bonds. The minimum absolute atomic E-state index is 0.00590. The molecule has 1 saturated carbocycles. The Kier molecular flexibility index (Phi) is 6.27. The van der Waals surface area contributed by atoms with Crippen LogP contribution in [0, 0.1) is 17.2 Å². The summed E-state index contributed by atoms with van der Waals surface area (Å²) in [7, 11) is 0. The monoisotopic (exact) mass is 242 g/mol. The molecule has 1 aliphatic carbocycles. The van der Waals surface area contributed by atoms with Crippen LogP contribution in [-0.4, -0.2) is 35.2 Å². The first-order chi connectivity index (χ1) is 7.72. The van der Waals surface area contributed by atoms with E-state index in [1.807, 2.05) is 6.07 Å². The van der Waals surface area contributed by atoms with Gasteiger partial charge in [0.1, 0.15) is 0 Å². The third-order valence-corrected chi connectivity index (χ3v) is 3.60. The maximum absolute atomic E-state index is 11.3. The molecule has 0 radical (unpaired) electrons. The average Bonchev–Trinajstić information content (AvgIpc) is 2.29. The Bertz CT molecular complexity index is 257. The summed E-state index contributed by atoms with van der Waals surface area (Å²) in [4.78, 5) is 11.3. The Hall–Kier alpha value is -0.730. The van der Waals surface area contributed by atoms with Crippen LogP contribution < -0.4 is 5.32 Å². The van der Waals surface area contributed by atoms with Gasteiger partial charge >= 0.3 is 0 Å². The van der Waals surface area contributed by atoms with E-state index in [9.17, 15) is 9.90 Å². The smallest absolute Gasteiger partial charge is 0.230 e. The molecule has 0 heterocycles. The molecule has 0 aromatic carbocycles. The molecule has 0 saturated heterocycles. The topological polar surface area (TPSA) is 73.1 Å². The average molecular weight is 242 g/mol. The number of nitrogens with one attached hydrogen (secondary N) is 1. The molecule has 0 aromatic heterocycles. The first-order valence-electron chi connectivity index (χ1n) is 5.62. The number of hydrogen-bond donors (Lipinski definition) is 2. The molecule has 0 aliphatic heterocycles. The summed E-state index contributed by atoms with van der Waals surface area (Å²) in [6.45, 7) is 0.707. The van der Waals surface area contributed by atoms with E-state index in [0.29, 0.717) is 24.0 Å². The lowest BCUT2D eigenvalue weighted by atomic mass is 9.87. The Morgan fingerprint density at radius 1 is 1.44 bits per heavy atom. The lowest BCUT2D eigenvalue weighted by molar-refractivity contribution is -0.118. The Morgan fingerprint density at radius 2 is 2.12 bits per heavy atom. The number of thioether (sulfide) groups is 1. The van der Waals surface area contributed by atoms with E-state index in [2.05, 4.69) is 5.32 Å². The second kappa shape index (κ2) is 7.53. The number of hydrogen-bond acceptors (Lipinski definition) is 4. The number of amides is 1. The maximum Gasteiger partial charge on any atom is 0.230 e. The lowest BCUT2D eigenvalue weighted by Crippen LogP contribution is -2.33. The van der Waals surface area contributed by atoms with Gasteiger partial charge in [0.25, 0.3) is 0 Å². The fraction of sp³-hybridized carbons (Fsp3) is 0.818. The summed E-state index contributed by atoms with van der Waals surface area (Å²) in [5.74, 6) is 1.24. The second-order valence-corrected chi connectivity index (χ2v) is 5.12. The highest BCUT2D eigenvalue weighted by Crippen LogP contribution is 2.23. The van der Waals surface area contributed by atoms with Gasteiger partial charge in [-0.3, -0.25) is 4.79 Å². The van der Waals surface area contributed by atoms with E-state index >= 15 is 0 Å². The first-order valence-corrected chi connectivity index (χ1v) is 6.77. The van der Waals surface area contributed by atoms with E-state index in [1.54, 1.807) is 0 Å². The van der Waals surface area contributed by atoms with Crippen LogP contribution in [0.5, 0.6) is 0 Å². The minimum atomic E-state index is -0.141. The van der Waals surface area contributed by atoms with Gasteiger partial charge in [0.15, 0.2) is 0 Å². The third kappa shape index (κ3) is 5.38. The molecule has 0 bridgehead atoms. The van der Waals surface area contributed by atoms with E-state index in [-0.39, 0.29) is 12.0 Å². The summed E-state index contributed by atoms with van der Waals surface area (Å²) >= 11 is 1.34. The number of nitrogens with zero attached hydrogens (tertiary/aromatic N) is 1. The molecule has 1 rings (SSSR count). The molecule has 2 N–H and O–H groups in total. The van der Waals surface area contributed by atoms with Crippen LogP contribution in [0.2, 0.25) is 0 Å². The lowest BCUT2D eigenvalue weighted by Gasteiger charge is -2.25. The van der Waals surface area contributed by atoms with Crippen molar-refractivity contribution in [3.8, 4) is 6.07 Å². The molecule has 5 heteroatoms. The number of aliphatic hydroxyl groups is 1. The van der Waals surface area contributed by atoms with Gasteiger partial charge < -0.3 is 10.4 Å². The highest BCUT2D eigenvalue weighted by molar-refractivity contribution is 8.00. The van der Waals surface area contributed by atoms with Gasteiger partial charge in [0, 0.05) is 6.54 Å². The van der Waals surface area contributed by atoms with E-state index in [1.165, 1.54) is 11.8 Å². The van der Waals surface area contributed by atoms with Gasteiger partial charge in [-0.15, -0.1) is 11.8 Å². The van der Waals surface area contributed by atoms with Gasteiger partial charge in [0.05, 0.1) is 23.7 Å². The van der Waals surface area contributed by atoms with Crippen molar-refractivity contribution in [1.29, 1.82) is 5.26 Å². The molecular weight excluding hydrogens is 224 g/mol. The van der Waals surface area contributed by atoms with Crippen LogP contribution in [0.25, 0.3) is 0 Å². The van der Waals surface area contributed by atoms with E-state index in [0.717, 1.165) is 25.7 Å². The zero-order chi connectivity index (χ0) is 11.8. The summed E-state index contributed by atoms with van der Waals surface area (Å²) in [5, 5.41) is 20.5. The van der Waals surface area contributed by atoms with Gasteiger partial charge in [-0.1, -0.05) is 0 Å². The minimum Gasteiger partial charge on any atom is -0.393 e. The molecule has 1 fully saturated rings. The van der Waals surface area contributed by atoms with Gasteiger partial charge in [-0.2, -0.15) is 5.26 Å². The fourth-order valence-corrected chi connectivity index (χ4v) is 2.33. The first kappa shape index (κ1) is 13.3. The van der Waals surface area contributed by atoms with Crippen molar-refractivity contribution >= 4 is 17.7 Å². The Labute approximate surface area is 100 Å². The van der Waals surface area contributed by atoms with Gasteiger partial charge in [0.2, 0.25) is 5.91 Å². The summed E-state index contributed by atoms with van der Waals surface area (Å²) in [5.41, 5.74) is 0. The van der Waals surface area contributed by atoms with Crippen molar-refractivity contribution < 1.29 is 9.90 Å². The zero-order valence-electron chi connectivity index (χ0n) is 9.32. The van der Waals surface area contributed by atoms with Gasteiger partial charge in [-0.05, 0) is 31.6 Å². The number of carbonyl (C=O) groups is 1. The van der Waals surface area contributed by atoms with Crippen LogP contribution >= 0.6 is 11.8 Å². The number of rotatable bonds is 5. The van der Waals surface area contributed by atoms with E-state index < -0.39 is 0 Å². The van der Waals surface area contributed by atoms with Crippen molar-refractivity contribution in [2.24, 2.45) is 5.92 Å². The maximum atomic E-state index is 11.3. The molecule has 4 nitrogen and oxygen atoms in total. The predicted molar refractivity (Wildman–Crippen MR) is 63.9 cm³/mol. The fourth-order valence-electron chi connectivity index (χ4n) is 1.85. The van der Waals surface area contributed by atoms with Crippen molar-refractivity contribution in [2.75, 3.05) is 18.1 Å². The molecule has 16 heavy (non-hydrogen) atoms. The summed E-state index contributed by atoms with van der Waals surface area (Å²) < 4.78 is 0. The van der Waals surface area contributed by atoms with Crippen LogP contribution in [-0.2, 0) is 4.79 Å². The normalized spacial score (nSPS) is 24.8. The summed E-state index contributed by atoms with van der Waals surface area (Å²) in [6.07, 6.45) is 3.55. The van der Waals surface area contributed by atoms with Crippen molar-refractivity contribution in [2.45, 2.75) is 31.8 Å². The van der Waals surface area contributed by atoms with Crippen LogP contribution in [0.15, 0.2) is 0 Å². The number of aliphatic hydroxyl groups excluding tert-OH is 1. The standard InChI is InChI=1S/C11H18N2O2S/c12-5-6-16-8-11(15)13-7-9-1-3-10(14)4-2-9/h9-10,14H,1-4,6-8H2,(H,13,15). The molecule has 0 spiro atoms. The van der Waals surface area contributed by atoms with Gasteiger partial charge in [-0.25, -0.2) is 0 Å². The largest absolute Gasteiger partial charge is 0.393 e. The van der Waals surface area contributed by atoms with E-state index in [4.69, 9.17) is 5.26 Å². The number of nitriles is 1. The molecule has 0 unspecified atom stereocenters. The highest BCUT2D eigenvalue weighted by Gasteiger charge is 2.19. The van der Waals surface area contributed by atoms with Crippen LogP contribution in [0.1, 0.15) is 25.7 Å². The zero-order valence-corrected chi connectivity index (χ0v) is 10.1. The summed E-state index contributed by atoms with van der Waals surface area (Å²) in [6, 6.07) is 1.99. The van der Waals surface area contributed by atoms with Crippen LogP contribution in [0.4, 0.5) is 0 Å². The number of carbonyl (C=O) groups excluding carboxylic acids is 1. The van der Waals surface area contributed by atoms with Crippen molar-refractivity contribution in [1.82, 2.24) is 5.32 Å². The molecule has 1 aliphatic rings. The Balaban J connectivity index is 2.05. The highest BCUT2D eigenvalue weighted by atomic mass is 32.2. The van der Waals surface area contributed by atoms with Crippen molar-refractivity contribution in [3.63, 3.8) is 0 Å². The molecule has 90 valence electrons. The Morgan fingerprint density at radius 3 is 2.75 bits per heavy atom.